The summed E-state index contributed by atoms with van der Waals surface area (Å²) in [5, 5.41) is 9.95. The van der Waals surface area contributed by atoms with Gasteiger partial charge < -0.3 is 15.8 Å². The van der Waals surface area contributed by atoms with Crippen LogP contribution in [0.3, 0.4) is 0 Å². The van der Waals surface area contributed by atoms with Crippen LogP contribution >= 0.6 is 0 Å². The number of aliphatic carboxylic acids is 1. The van der Waals surface area contributed by atoms with E-state index in [1.165, 1.54) is 0 Å². The molecule has 18 heavy (non-hydrogen) atoms. The smallest absolute Gasteiger partial charge is 0.320 e. The van der Waals surface area contributed by atoms with E-state index in [-0.39, 0.29) is 0 Å². The average Bonchev–Trinajstić information content (AvgIpc) is 2.68. The molecular formula is C14H16N2O2. The van der Waals surface area contributed by atoms with E-state index >= 15 is 0 Å². The summed E-state index contributed by atoms with van der Waals surface area (Å²) >= 11 is 0. The van der Waals surface area contributed by atoms with Crippen molar-refractivity contribution in [2.24, 2.45) is 5.73 Å². The van der Waals surface area contributed by atoms with E-state index < -0.39 is 12.0 Å². The number of carboxylic acids is 1. The van der Waals surface area contributed by atoms with Crippen molar-refractivity contribution in [1.29, 1.82) is 0 Å². The van der Waals surface area contributed by atoms with Gasteiger partial charge in [-0.05, 0) is 11.6 Å². The molecule has 94 valence electrons. The van der Waals surface area contributed by atoms with E-state index in [4.69, 9.17) is 10.8 Å². The zero-order valence-corrected chi connectivity index (χ0v) is 10.0. The second-order valence-corrected chi connectivity index (χ2v) is 4.27. The molecule has 4 N–H and O–H groups in total. The Balaban J connectivity index is 2.47. The lowest BCUT2D eigenvalue weighted by atomic mass is 10.0. The number of carboxylic acid groups (broad SMARTS) is 1. The number of nitrogens with one attached hydrogen (secondary N) is 1. The Hall–Kier alpha value is -2.07. The Bertz CT molecular complexity index is 586. The van der Waals surface area contributed by atoms with Crippen LogP contribution in [-0.4, -0.2) is 22.1 Å². The van der Waals surface area contributed by atoms with Gasteiger partial charge in [-0.25, -0.2) is 0 Å². The first-order valence-corrected chi connectivity index (χ1v) is 5.81. The fourth-order valence-electron chi connectivity index (χ4n) is 2.11. The van der Waals surface area contributed by atoms with Gasteiger partial charge in [0.1, 0.15) is 6.04 Å². The molecule has 2 rings (SSSR count). The minimum Gasteiger partial charge on any atom is -0.480 e. The number of nitrogens with two attached hydrogens (primary N) is 1. The maximum absolute atomic E-state index is 10.9. The zero-order chi connectivity index (χ0) is 13.1. The molecule has 0 spiro atoms. The van der Waals surface area contributed by atoms with E-state index in [9.17, 15) is 4.79 Å². The van der Waals surface area contributed by atoms with Gasteiger partial charge in [0.25, 0.3) is 0 Å². The van der Waals surface area contributed by atoms with Crippen LogP contribution in [0.2, 0.25) is 0 Å². The highest BCUT2D eigenvalue weighted by Crippen LogP contribution is 2.24. The lowest BCUT2D eigenvalue weighted by Gasteiger charge is -2.07. The van der Waals surface area contributed by atoms with Gasteiger partial charge in [0.2, 0.25) is 0 Å². The number of allylic oxidation sites excluding steroid dienone is 1. The second-order valence-electron chi connectivity index (χ2n) is 4.27. The SMILES string of the molecule is C=CCc1[nH]c2ccccc2c1C[C@@H](N)C(=O)O. The lowest BCUT2D eigenvalue weighted by Crippen LogP contribution is -2.32. The fraction of sp³-hybridized carbons (Fsp3) is 0.214. The van der Waals surface area contributed by atoms with Crippen LogP contribution in [0.1, 0.15) is 11.3 Å². The maximum atomic E-state index is 10.9. The first-order valence-electron chi connectivity index (χ1n) is 5.81. The number of rotatable bonds is 5. The molecule has 1 heterocycles. The van der Waals surface area contributed by atoms with Crippen molar-refractivity contribution in [3.8, 4) is 0 Å². The Morgan fingerprint density at radius 1 is 1.50 bits per heavy atom. The highest BCUT2D eigenvalue weighted by atomic mass is 16.4. The lowest BCUT2D eigenvalue weighted by molar-refractivity contribution is -0.138. The molecule has 1 atom stereocenters. The monoisotopic (exact) mass is 244 g/mol. The molecule has 0 amide bonds. The number of benzene rings is 1. The second kappa shape index (κ2) is 5.06. The molecule has 1 aromatic heterocycles. The van der Waals surface area contributed by atoms with Crippen LogP contribution in [0.5, 0.6) is 0 Å². The van der Waals surface area contributed by atoms with Crippen LogP contribution in [0.25, 0.3) is 10.9 Å². The van der Waals surface area contributed by atoms with Crippen LogP contribution in [-0.2, 0) is 17.6 Å². The number of para-hydroxylation sites is 1. The largest absolute Gasteiger partial charge is 0.480 e. The summed E-state index contributed by atoms with van der Waals surface area (Å²) in [6.07, 6.45) is 2.79. The van der Waals surface area contributed by atoms with Crippen LogP contribution < -0.4 is 5.73 Å². The van der Waals surface area contributed by atoms with E-state index in [0.717, 1.165) is 22.2 Å². The Morgan fingerprint density at radius 2 is 2.22 bits per heavy atom. The quantitative estimate of drug-likeness (QED) is 0.702. The maximum Gasteiger partial charge on any atom is 0.320 e. The van der Waals surface area contributed by atoms with Crippen molar-refractivity contribution in [2.75, 3.05) is 0 Å². The number of aromatic nitrogens is 1. The molecule has 0 aliphatic rings. The van der Waals surface area contributed by atoms with Crippen molar-refractivity contribution in [3.63, 3.8) is 0 Å². The first-order chi connectivity index (χ1) is 8.63. The van der Waals surface area contributed by atoms with E-state index in [2.05, 4.69) is 11.6 Å². The summed E-state index contributed by atoms with van der Waals surface area (Å²) in [5.74, 6) is -0.982. The highest BCUT2D eigenvalue weighted by Gasteiger charge is 2.17. The Labute approximate surface area is 105 Å². The van der Waals surface area contributed by atoms with Crippen LogP contribution in [0.4, 0.5) is 0 Å². The summed E-state index contributed by atoms with van der Waals surface area (Å²) in [6.45, 7) is 3.71. The van der Waals surface area contributed by atoms with Crippen molar-refractivity contribution in [1.82, 2.24) is 4.98 Å². The number of aromatic amines is 1. The van der Waals surface area contributed by atoms with Crippen molar-refractivity contribution in [3.05, 3.63) is 48.2 Å². The Kier molecular flexibility index (Phi) is 3.48. The van der Waals surface area contributed by atoms with Gasteiger partial charge in [-0.1, -0.05) is 24.3 Å². The fourth-order valence-corrected chi connectivity index (χ4v) is 2.11. The summed E-state index contributed by atoms with van der Waals surface area (Å²) in [4.78, 5) is 14.2. The molecule has 0 aliphatic heterocycles. The average molecular weight is 244 g/mol. The third-order valence-electron chi connectivity index (χ3n) is 2.99. The summed E-state index contributed by atoms with van der Waals surface area (Å²) in [7, 11) is 0. The van der Waals surface area contributed by atoms with Gasteiger partial charge in [-0.3, -0.25) is 4.79 Å². The number of carbonyl (C=O) groups is 1. The Morgan fingerprint density at radius 3 is 2.89 bits per heavy atom. The summed E-state index contributed by atoms with van der Waals surface area (Å²) in [6, 6.07) is 6.94. The summed E-state index contributed by atoms with van der Waals surface area (Å²) < 4.78 is 0. The standard InChI is InChI=1S/C14H16N2O2/c1-2-5-12-10(8-11(15)14(17)18)9-6-3-4-7-13(9)16-12/h2-4,6-7,11,16H,1,5,8,15H2,(H,17,18)/t11-/m1/s1. The van der Waals surface area contributed by atoms with Gasteiger partial charge >= 0.3 is 5.97 Å². The van der Waals surface area contributed by atoms with Gasteiger partial charge in [0.15, 0.2) is 0 Å². The van der Waals surface area contributed by atoms with E-state index in [1.807, 2.05) is 24.3 Å². The van der Waals surface area contributed by atoms with Crippen LogP contribution in [0.15, 0.2) is 36.9 Å². The van der Waals surface area contributed by atoms with Crippen molar-refractivity contribution < 1.29 is 9.90 Å². The molecule has 1 aromatic carbocycles. The van der Waals surface area contributed by atoms with Crippen molar-refractivity contribution in [2.45, 2.75) is 18.9 Å². The molecule has 0 radical (unpaired) electrons. The minimum absolute atomic E-state index is 0.322. The number of hydrogen-bond acceptors (Lipinski definition) is 2. The molecule has 2 aromatic rings. The number of hydrogen-bond donors (Lipinski definition) is 3. The van der Waals surface area contributed by atoms with Gasteiger partial charge in [0.05, 0.1) is 0 Å². The van der Waals surface area contributed by atoms with Gasteiger partial charge in [-0.2, -0.15) is 0 Å². The van der Waals surface area contributed by atoms with E-state index in [0.29, 0.717) is 12.8 Å². The van der Waals surface area contributed by atoms with Crippen molar-refractivity contribution >= 4 is 16.9 Å². The molecule has 4 nitrogen and oxygen atoms in total. The minimum atomic E-state index is -0.982. The molecular weight excluding hydrogens is 228 g/mol. The van der Waals surface area contributed by atoms with Gasteiger partial charge in [-0.15, -0.1) is 6.58 Å². The molecule has 0 saturated heterocycles. The predicted octanol–water partition coefficient (Wildman–Crippen LogP) is 1.85. The predicted molar refractivity (Wildman–Crippen MR) is 71.5 cm³/mol. The molecule has 0 fully saturated rings. The topological polar surface area (TPSA) is 79.1 Å². The number of H-pyrrole nitrogens is 1. The third-order valence-corrected chi connectivity index (χ3v) is 2.99. The molecule has 0 unspecified atom stereocenters. The van der Waals surface area contributed by atoms with E-state index in [1.54, 1.807) is 6.08 Å². The third kappa shape index (κ3) is 2.28. The molecule has 0 saturated carbocycles. The zero-order valence-electron chi connectivity index (χ0n) is 10.0. The molecule has 4 heteroatoms. The number of fused-ring (bicyclic) bond motifs is 1. The van der Waals surface area contributed by atoms with Gasteiger partial charge in [0, 0.05) is 29.4 Å². The molecule has 0 aliphatic carbocycles. The van der Waals surface area contributed by atoms with Crippen LogP contribution in [0, 0.1) is 0 Å². The highest BCUT2D eigenvalue weighted by molar-refractivity contribution is 5.85. The summed E-state index contributed by atoms with van der Waals surface area (Å²) in [5.41, 5.74) is 8.59. The molecule has 0 bridgehead atoms. The normalized spacial score (nSPS) is 12.5. The first kappa shape index (κ1) is 12.4.